The van der Waals surface area contributed by atoms with Crippen LogP contribution in [-0.2, 0) is 9.59 Å². The maximum absolute atomic E-state index is 13.1. The van der Waals surface area contributed by atoms with Crippen LogP contribution in [0.4, 0.5) is 5.69 Å². The number of nitro benzene ring substituents is 1. The standard InChI is InChI=1S/C21H20ClN3O6S/c22-17-15-6-5-12(25(30)31)11-16(15)32-18(17)20(27)24-9-7-23(8-10-24)19(26)13-3-1-2-4-14(13)21(28)29/h1-2,5-6,11,13-14H,3-4,7-10H2,(H,28,29)/t13-,14-/m0/s1. The van der Waals surface area contributed by atoms with Crippen molar-refractivity contribution in [1.82, 2.24) is 9.80 Å². The molecule has 2 heterocycles. The highest BCUT2D eigenvalue weighted by Gasteiger charge is 2.37. The Hall–Kier alpha value is -2.98. The molecule has 1 saturated heterocycles. The Morgan fingerprint density at radius 2 is 1.69 bits per heavy atom. The lowest BCUT2D eigenvalue weighted by Crippen LogP contribution is -2.53. The smallest absolute Gasteiger partial charge is 0.307 e. The van der Waals surface area contributed by atoms with E-state index in [0.29, 0.717) is 54.0 Å². The number of hydrogen-bond donors (Lipinski definition) is 1. The molecule has 2 aliphatic rings. The molecule has 1 aliphatic heterocycles. The topological polar surface area (TPSA) is 121 Å². The van der Waals surface area contributed by atoms with Crippen molar-refractivity contribution in [3.8, 4) is 0 Å². The van der Waals surface area contributed by atoms with Crippen LogP contribution in [0.15, 0.2) is 30.4 Å². The molecule has 32 heavy (non-hydrogen) atoms. The summed E-state index contributed by atoms with van der Waals surface area (Å²) in [6.07, 6.45) is 4.38. The van der Waals surface area contributed by atoms with Crippen molar-refractivity contribution in [3.05, 3.63) is 50.4 Å². The van der Waals surface area contributed by atoms with Crippen LogP contribution in [0.1, 0.15) is 22.5 Å². The number of halogens is 1. The van der Waals surface area contributed by atoms with Gasteiger partial charge in [-0.1, -0.05) is 23.8 Å². The first-order valence-electron chi connectivity index (χ1n) is 10.1. The molecular weight excluding hydrogens is 458 g/mol. The Kier molecular flexibility index (Phi) is 6.16. The Bertz CT molecular complexity index is 1140. The van der Waals surface area contributed by atoms with Gasteiger partial charge in [-0.05, 0) is 18.9 Å². The third-order valence-electron chi connectivity index (χ3n) is 5.96. The highest BCUT2D eigenvalue weighted by atomic mass is 35.5. The number of nitrogens with zero attached hydrogens (tertiary/aromatic N) is 3. The fraction of sp³-hybridized carbons (Fsp3) is 0.381. The monoisotopic (exact) mass is 477 g/mol. The fourth-order valence-electron chi connectivity index (χ4n) is 4.17. The number of carbonyl (C=O) groups is 3. The maximum Gasteiger partial charge on any atom is 0.307 e. The largest absolute Gasteiger partial charge is 0.481 e. The van der Waals surface area contributed by atoms with Crippen LogP contribution < -0.4 is 0 Å². The zero-order valence-corrected chi connectivity index (χ0v) is 18.5. The molecule has 0 saturated carbocycles. The molecule has 0 bridgehead atoms. The number of hydrogen-bond acceptors (Lipinski definition) is 6. The van der Waals surface area contributed by atoms with Crippen LogP contribution in [0.3, 0.4) is 0 Å². The number of thiophene rings is 1. The van der Waals surface area contributed by atoms with Gasteiger partial charge in [-0.3, -0.25) is 24.5 Å². The van der Waals surface area contributed by atoms with E-state index in [4.69, 9.17) is 11.6 Å². The summed E-state index contributed by atoms with van der Waals surface area (Å²) in [7, 11) is 0. The number of carbonyl (C=O) groups excluding carboxylic acids is 2. The first-order valence-corrected chi connectivity index (χ1v) is 11.3. The molecule has 2 amide bonds. The number of non-ortho nitro benzene ring substituents is 1. The number of piperazine rings is 1. The molecule has 4 rings (SSSR count). The van der Waals surface area contributed by atoms with Crippen molar-refractivity contribution < 1.29 is 24.4 Å². The number of nitro groups is 1. The molecule has 1 N–H and O–H groups in total. The molecule has 1 aromatic heterocycles. The number of carboxylic acids is 1. The van der Waals surface area contributed by atoms with Crippen molar-refractivity contribution in [2.45, 2.75) is 12.8 Å². The van der Waals surface area contributed by atoms with Crippen LogP contribution in [0.2, 0.25) is 5.02 Å². The van der Waals surface area contributed by atoms with E-state index in [2.05, 4.69) is 0 Å². The molecule has 9 nitrogen and oxygen atoms in total. The van der Waals surface area contributed by atoms with Crippen LogP contribution in [0.5, 0.6) is 0 Å². The number of aliphatic carboxylic acids is 1. The Balaban J connectivity index is 1.45. The van der Waals surface area contributed by atoms with E-state index in [9.17, 15) is 29.6 Å². The average molecular weight is 478 g/mol. The van der Waals surface area contributed by atoms with E-state index in [0.717, 1.165) is 11.3 Å². The average Bonchev–Trinajstić information content (AvgIpc) is 3.14. The second-order valence-electron chi connectivity index (χ2n) is 7.79. The summed E-state index contributed by atoms with van der Waals surface area (Å²) in [6.45, 7) is 1.22. The van der Waals surface area contributed by atoms with Crippen LogP contribution in [-0.4, -0.2) is 63.8 Å². The zero-order chi connectivity index (χ0) is 23.0. The first-order chi connectivity index (χ1) is 15.3. The predicted octanol–water partition coefficient (Wildman–Crippen LogP) is 3.41. The normalized spacial score (nSPS) is 21.0. The lowest BCUT2D eigenvalue weighted by Gasteiger charge is -2.37. The summed E-state index contributed by atoms with van der Waals surface area (Å²) in [5, 5.41) is 21.3. The van der Waals surface area contributed by atoms with Gasteiger partial charge in [0.25, 0.3) is 11.6 Å². The molecule has 11 heteroatoms. The number of benzene rings is 1. The van der Waals surface area contributed by atoms with E-state index < -0.39 is 22.7 Å². The van der Waals surface area contributed by atoms with E-state index in [1.807, 2.05) is 6.08 Å². The molecular formula is C21H20ClN3O6S. The van der Waals surface area contributed by atoms with Gasteiger partial charge in [0.15, 0.2) is 0 Å². The molecule has 2 aromatic rings. The van der Waals surface area contributed by atoms with E-state index in [1.54, 1.807) is 15.9 Å². The fourth-order valence-corrected chi connectivity index (χ4v) is 5.69. The minimum Gasteiger partial charge on any atom is -0.481 e. The molecule has 168 valence electrons. The van der Waals surface area contributed by atoms with Crippen LogP contribution in [0.25, 0.3) is 10.1 Å². The van der Waals surface area contributed by atoms with E-state index in [1.165, 1.54) is 18.2 Å². The summed E-state index contributed by atoms with van der Waals surface area (Å²) < 4.78 is 0.562. The molecule has 1 fully saturated rings. The maximum atomic E-state index is 13.1. The van der Waals surface area contributed by atoms with Gasteiger partial charge in [0, 0.05) is 48.4 Å². The van der Waals surface area contributed by atoms with Crippen LogP contribution in [0, 0.1) is 22.0 Å². The Labute approximate surface area is 192 Å². The summed E-state index contributed by atoms with van der Waals surface area (Å²) >= 11 is 7.51. The number of carboxylic acid groups (broad SMARTS) is 1. The number of amides is 2. The Morgan fingerprint density at radius 1 is 1.06 bits per heavy atom. The van der Waals surface area contributed by atoms with Gasteiger partial charge < -0.3 is 14.9 Å². The predicted molar refractivity (Wildman–Crippen MR) is 119 cm³/mol. The summed E-state index contributed by atoms with van der Waals surface area (Å²) in [5.41, 5.74) is -0.0706. The quantitative estimate of drug-likeness (QED) is 0.409. The van der Waals surface area contributed by atoms with Gasteiger partial charge in [0.05, 0.1) is 21.8 Å². The highest BCUT2D eigenvalue weighted by Crippen LogP contribution is 2.38. The van der Waals surface area contributed by atoms with Crippen molar-refractivity contribution in [3.63, 3.8) is 0 Å². The Morgan fingerprint density at radius 3 is 2.31 bits per heavy atom. The molecule has 1 aliphatic carbocycles. The van der Waals surface area contributed by atoms with Gasteiger partial charge in [-0.2, -0.15) is 0 Å². The second-order valence-corrected chi connectivity index (χ2v) is 9.22. The van der Waals surface area contributed by atoms with Crippen molar-refractivity contribution >= 4 is 56.5 Å². The van der Waals surface area contributed by atoms with Gasteiger partial charge in [-0.15, -0.1) is 11.3 Å². The minimum absolute atomic E-state index is 0.0706. The first kappa shape index (κ1) is 22.2. The van der Waals surface area contributed by atoms with Gasteiger partial charge in [-0.25, -0.2) is 0 Å². The number of rotatable bonds is 4. The second kappa shape index (κ2) is 8.87. The van der Waals surface area contributed by atoms with Crippen molar-refractivity contribution in [2.24, 2.45) is 11.8 Å². The molecule has 0 radical (unpaired) electrons. The third-order valence-corrected chi connectivity index (χ3v) is 7.61. The summed E-state index contributed by atoms with van der Waals surface area (Å²) in [6, 6.07) is 4.29. The summed E-state index contributed by atoms with van der Waals surface area (Å²) in [4.78, 5) is 51.5. The lowest BCUT2D eigenvalue weighted by molar-refractivity contribution is -0.384. The minimum atomic E-state index is -0.971. The van der Waals surface area contributed by atoms with Gasteiger partial charge in [0.2, 0.25) is 5.91 Å². The third kappa shape index (κ3) is 4.07. The SMILES string of the molecule is O=C(O)[C@H]1CC=CC[C@@H]1C(=O)N1CCN(C(=O)c2sc3cc([N+](=O)[O-])ccc3c2Cl)CC1. The van der Waals surface area contributed by atoms with E-state index in [-0.39, 0.29) is 22.5 Å². The number of fused-ring (bicyclic) bond motifs is 1. The van der Waals surface area contributed by atoms with Gasteiger partial charge >= 0.3 is 5.97 Å². The lowest BCUT2D eigenvalue weighted by atomic mass is 9.82. The summed E-state index contributed by atoms with van der Waals surface area (Å²) in [5.74, 6) is -2.77. The number of allylic oxidation sites excluding steroid dienone is 2. The molecule has 2 atom stereocenters. The van der Waals surface area contributed by atoms with Gasteiger partial charge in [0.1, 0.15) is 4.88 Å². The molecule has 0 unspecified atom stereocenters. The van der Waals surface area contributed by atoms with Crippen molar-refractivity contribution in [2.75, 3.05) is 26.2 Å². The molecule has 1 aromatic carbocycles. The van der Waals surface area contributed by atoms with Crippen LogP contribution >= 0.6 is 22.9 Å². The van der Waals surface area contributed by atoms with E-state index >= 15 is 0 Å². The molecule has 0 spiro atoms. The highest BCUT2D eigenvalue weighted by molar-refractivity contribution is 7.21. The zero-order valence-electron chi connectivity index (χ0n) is 16.9. The van der Waals surface area contributed by atoms with Crippen molar-refractivity contribution in [1.29, 1.82) is 0 Å².